The average Bonchev–Trinajstić information content (AvgIpc) is 2.95. The molecule has 2 amide bonds. The number of hydrogen-bond acceptors (Lipinski definition) is 6. The Kier molecular flexibility index (Phi) is 6.12. The molecule has 1 aromatic heterocycles. The fourth-order valence-corrected chi connectivity index (χ4v) is 4.59. The van der Waals surface area contributed by atoms with Gasteiger partial charge in [0.15, 0.2) is 0 Å². The Morgan fingerprint density at radius 3 is 2.59 bits per heavy atom. The summed E-state index contributed by atoms with van der Waals surface area (Å²) in [5.74, 6) is -1.13. The van der Waals surface area contributed by atoms with Crippen molar-refractivity contribution < 1.29 is 14.5 Å². The minimum atomic E-state index is -0.718. The summed E-state index contributed by atoms with van der Waals surface area (Å²) in [5.41, 5.74) is 5.47. The summed E-state index contributed by atoms with van der Waals surface area (Å²) in [5, 5.41) is 11.2. The minimum absolute atomic E-state index is 0.0888. The second-order valence-electron chi connectivity index (χ2n) is 6.17. The first-order valence-electron chi connectivity index (χ1n) is 8.54. The number of aryl methyl sites for hydroxylation is 2. The van der Waals surface area contributed by atoms with Crippen molar-refractivity contribution >= 4 is 40.6 Å². The molecule has 1 aromatic carbocycles. The summed E-state index contributed by atoms with van der Waals surface area (Å²) in [6, 6.07) is 6.19. The Balaban J connectivity index is 1.70. The Bertz CT molecular complexity index is 871. The predicted octanol–water partition coefficient (Wildman–Crippen LogP) is 3.72. The monoisotopic (exact) mass is 405 g/mol. The quantitative estimate of drug-likeness (QED) is 0.349. The van der Waals surface area contributed by atoms with Gasteiger partial charge in [-0.2, -0.15) is 0 Å². The first kappa shape index (κ1) is 19.4. The molecule has 0 aliphatic heterocycles. The third-order valence-corrected chi connectivity index (χ3v) is 6.37. The smallest absolute Gasteiger partial charge is 0.267 e. The van der Waals surface area contributed by atoms with Crippen LogP contribution < -0.4 is 10.9 Å². The van der Waals surface area contributed by atoms with Gasteiger partial charge in [0, 0.05) is 15.8 Å². The SMILES string of the molecule is CSc1ccc([N+](=O)[O-])c(C(=O)NNC(=O)c2cc3c(s2)CCCCC3)c1. The number of amides is 2. The van der Waals surface area contributed by atoms with Crippen molar-refractivity contribution in [2.24, 2.45) is 0 Å². The van der Waals surface area contributed by atoms with Crippen molar-refractivity contribution in [1.29, 1.82) is 0 Å². The van der Waals surface area contributed by atoms with Gasteiger partial charge in [0.05, 0.1) is 9.80 Å². The highest BCUT2D eigenvalue weighted by Gasteiger charge is 2.22. The van der Waals surface area contributed by atoms with Gasteiger partial charge in [-0.05, 0) is 55.7 Å². The number of nitro groups is 1. The molecule has 1 heterocycles. The molecule has 0 saturated heterocycles. The van der Waals surface area contributed by atoms with Crippen LogP contribution in [-0.2, 0) is 12.8 Å². The zero-order valence-corrected chi connectivity index (χ0v) is 16.4. The van der Waals surface area contributed by atoms with Crippen molar-refractivity contribution in [3.63, 3.8) is 0 Å². The highest BCUT2D eigenvalue weighted by Crippen LogP contribution is 2.29. The molecular weight excluding hydrogens is 386 g/mol. The molecule has 0 bridgehead atoms. The molecule has 2 aromatic rings. The van der Waals surface area contributed by atoms with Crippen molar-refractivity contribution in [3.05, 3.63) is 55.3 Å². The van der Waals surface area contributed by atoms with Crippen LogP contribution in [0.3, 0.4) is 0 Å². The number of hydrogen-bond donors (Lipinski definition) is 2. The normalized spacial score (nSPS) is 13.4. The van der Waals surface area contributed by atoms with Crippen molar-refractivity contribution in [2.45, 2.75) is 37.0 Å². The molecular formula is C18H19N3O4S2. The van der Waals surface area contributed by atoms with E-state index in [1.165, 1.54) is 52.1 Å². The summed E-state index contributed by atoms with van der Waals surface area (Å²) in [6.45, 7) is 0. The van der Waals surface area contributed by atoms with E-state index >= 15 is 0 Å². The van der Waals surface area contributed by atoms with E-state index in [4.69, 9.17) is 0 Å². The highest BCUT2D eigenvalue weighted by atomic mass is 32.2. The van der Waals surface area contributed by atoms with E-state index in [0.717, 1.165) is 30.6 Å². The Morgan fingerprint density at radius 2 is 1.85 bits per heavy atom. The van der Waals surface area contributed by atoms with Crippen LogP contribution >= 0.6 is 23.1 Å². The van der Waals surface area contributed by atoms with E-state index in [2.05, 4.69) is 10.9 Å². The summed E-state index contributed by atoms with van der Waals surface area (Å²) in [7, 11) is 0. The fraction of sp³-hybridized carbons (Fsp3) is 0.333. The number of thioether (sulfide) groups is 1. The molecule has 1 aliphatic carbocycles. The molecule has 0 spiro atoms. The number of nitrogens with zero attached hydrogens (tertiary/aromatic N) is 1. The lowest BCUT2D eigenvalue weighted by molar-refractivity contribution is -0.385. The van der Waals surface area contributed by atoms with Gasteiger partial charge in [-0.15, -0.1) is 23.1 Å². The molecule has 2 N–H and O–H groups in total. The Labute approximate surface area is 164 Å². The largest absolute Gasteiger partial charge is 0.282 e. The van der Waals surface area contributed by atoms with Crippen molar-refractivity contribution in [1.82, 2.24) is 10.9 Å². The number of hydrazine groups is 1. The summed E-state index contributed by atoms with van der Waals surface area (Å²) >= 11 is 2.81. The number of fused-ring (bicyclic) bond motifs is 1. The maximum atomic E-state index is 12.4. The molecule has 0 unspecified atom stereocenters. The topological polar surface area (TPSA) is 101 Å². The lowest BCUT2D eigenvalue weighted by atomic mass is 10.1. The number of rotatable bonds is 4. The second-order valence-corrected chi connectivity index (χ2v) is 8.18. The first-order valence-corrected chi connectivity index (χ1v) is 10.6. The minimum Gasteiger partial charge on any atom is -0.267 e. The average molecular weight is 406 g/mol. The lowest BCUT2D eigenvalue weighted by Crippen LogP contribution is -2.41. The van der Waals surface area contributed by atoms with E-state index in [0.29, 0.717) is 4.88 Å². The number of carbonyl (C=O) groups is 2. The van der Waals surface area contributed by atoms with Crippen LogP contribution in [0.1, 0.15) is 49.7 Å². The lowest BCUT2D eigenvalue weighted by Gasteiger charge is -2.08. The van der Waals surface area contributed by atoms with Gasteiger partial charge in [0.2, 0.25) is 0 Å². The van der Waals surface area contributed by atoms with E-state index in [1.807, 2.05) is 12.3 Å². The second kappa shape index (κ2) is 8.53. The van der Waals surface area contributed by atoms with Gasteiger partial charge in [-0.3, -0.25) is 30.6 Å². The van der Waals surface area contributed by atoms with Crippen LogP contribution in [0.15, 0.2) is 29.2 Å². The Morgan fingerprint density at radius 1 is 1.11 bits per heavy atom. The number of thiophene rings is 1. The highest BCUT2D eigenvalue weighted by molar-refractivity contribution is 7.98. The van der Waals surface area contributed by atoms with E-state index in [-0.39, 0.29) is 11.3 Å². The molecule has 9 heteroatoms. The summed E-state index contributed by atoms with van der Waals surface area (Å²) < 4.78 is 0. The van der Waals surface area contributed by atoms with E-state index < -0.39 is 16.7 Å². The van der Waals surface area contributed by atoms with Gasteiger partial charge >= 0.3 is 0 Å². The standard InChI is InChI=1S/C18H19N3O4S2/c1-26-12-7-8-14(21(24)25)13(10-12)17(22)19-20-18(23)16-9-11-5-3-2-4-6-15(11)27-16/h7-10H,2-6H2,1H3,(H,19,22)(H,20,23). The first-order chi connectivity index (χ1) is 13.0. The predicted molar refractivity (Wildman–Crippen MR) is 105 cm³/mol. The number of benzene rings is 1. The molecule has 7 nitrogen and oxygen atoms in total. The maximum absolute atomic E-state index is 12.4. The molecule has 0 fully saturated rings. The number of nitrogens with one attached hydrogen (secondary N) is 2. The van der Waals surface area contributed by atoms with Gasteiger partial charge < -0.3 is 0 Å². The van der Waals surface area contributed by atoms with Crippen LogP contribution in [0.4, 0.5) is 5.69 Å². The molecule has 3 rings (SSSR count). The number of nitro benzene ring substituents is 1. The van der Waals surface area contributed by atoms with Crippen molar-refractivity contribution in [2.75, 3.05) is 6.26 Å². The summed E-state index contributed by atoms with van der Waals surface area (Å²) in [4.78, 5) is 37.8. The zero-order chi connectivity index (χ0) is 19.4. The third kappa shape index (κ3) is 4.48. The maximum Gasteiger partial charge on any atom is 0.282 e. The van der Waals surface area contributed by atoms with E-state index in [9.17, 15) is 19.7 Å². The van der Waals surface area contributed by atoms with Crippen LogP contribution in [0.25, 0.3) is 0 Å². The van der Waals surface area contributed by atoms with Gasteiger partial charge in [-0.1, -0.05) is 6.42 Å². The van der Waals surface area contributed by atoms with Crippen LogP contribution in [0, 0.1) is 10.1 Å². The molecule has 1 aliphatic rings. The molecule has 142 valence electrons. The molecule has 0 atom stereocenters. The van der Waals surface area contributed by atoms with Gasteiger partial charge in [-0.25, -0.2) is 0 Å². The Hall–Kier alpha value is -2.39. The van der Waals surface area contributed by atoms with Crippen LogP contribution in [0.2, 0.25) is 0 Å². The number of carbonyl (C=O) groups excluding carboxylic acids is 2. The molecule has 27 heavy (non-hydrogen) atoms. The third-order valence-electron chi connectivity index (χ3n) is 4.40. The van der Waals surface area contributed by atoms with E-state index in [1.54, 1.807) is 6.07 Å². The van der Waals surface area contributed by atoms with Gasteiger partial charge in [0.1, 0.15) is 5.56 Å². The van der Waals surface area contributed by atoms with Gasteiger partial charge in [0.25, 0.3) is 17.5 Å². The zero-order valence-electron chi connectivity index (χ0n) is 14.7. The van der Waals surface area contributed by atoms with Crippen LogP contribution in [0.5, 0.6) is 0 Å². The molecule has 0 saturated carbocycles. The molecule has 0 radical (unpaired) electrons. The van der Waals surface area contributed by atoms with Crippen molar-refractivity contribution in [3.8, 4) is 0 Å². The summed E-state index contributed by atoms with van der Waals surface area (Å²) in [6.07, 6.45) is 7.21. The van der Waals surface area contributed by atoms with Crippen LogP contribution in [-0.4, -0.2) is 23.0 Å². The fourth-order valence-electron chi connectivity index (χ4n) is 3.00.